The molecule has 5 heteroatoms. The van der Waals surface area contributed by atoms with E-state index in [4.69, 9.17) is 17.3 Å². The maximum absolute atomic E-state index is 11.9. The van der Waals surface area contributed by atoms with Crippen molar-refractivity contribution in [3.63, 3.8) is 0 Å². The Balaban J connectivity index is 2.82. The first-order valence-corrected chi connectivity index (χ1v) is 5.05. The molecule has 1 aromatic carbocycles. The van der Waals surface area contributed by atoms with Crippen LogP contribution in [0.15, 0.2) is 24.3 Å². The lowest BCUT2D eigenvalue weighted by Crippen LogP contribution is -2.09. The fourth-order valence-corrected chi connectivity index (χ4v) is 1.31. The van der Waals surface area contributed by atoms with E-state index in [-0.39, 0.29) is 16.8 Å². The summed E-state index contributed by atoms with van der Waals surface area (Å²) in [6, 6.07) is 4.49. The van der Waals surface area contributed by atoms with Crippen molar-refractivity contribution in [2.75, 3.05) is 0 Å². The predicted molar refractivity (Wildman–Crippen MR) is 60.8 cm³/mol. The number of hydrogen-bond acceptors (Lipinski definition) is 2. The highest BCUT2D eigenvalue weighted by atomic mass is 35.5. The van der Waals surface area contributed by atoms with E-state index in [1.165, 1.54) is 12.1 Å². The molecule has 16 heavy (non-hydrogen) atoms. The van der Waals surface area contributed by atoms with Crippen LogP contribution in [0.5, 0.6) is 5.75 Å². The van der Waals surface area contributed by atoms with Crippen LogP contribution in [-0.4, -0.2) is 12.7 Å². The van der Waals surface area contributed by atoms with Gasteiger partial charge in [-0.25, -0.2) is 0 Å². The zero-order chi connectivity index (χ0) is 12.1. The number of nitrogens with two attached hydrogens (primary N) is 1. The Bertz CT molecular complexity index is 380. The maximum Gasteiger partial charge on any atom is 0.387 e. The average Bonchev–Trinajstić information content (AvgIpc) is 2.18. The van der Waals surface area contributed by atoms with E-state index >= 15 is 0 Å². The van der Waals surface area contributed by atoms with E-state index in [9.17, 15) is 8.78 Å². The number of halogens is 3. The summed E-state index contributed by atoms with van der Waals surface area (Å²) in [5.41, 5.74) is 6.31. The molecule has 1 aromatic rings. The molecular formula is C11H12ClF2NO. The second kappa shape index (κ2) is 5.82. The standard InChI is InChI=1S/C11H12ClF2NO/c1-7(15)2-3-8-4-5-10(9(12)6-8)16-11(13)14/h2-7,11H,15H2,1H3/b3-2+. The Labute approximate surface area is 97.7 Å². The summed E-state index contributed by atoms with van der Waals surface area (Å²) < 4.78 is 28.1. The van der Waals surface area contributed by atoms with Gasteiger partial charge in [-0.1, -0.05) is 29.8 Å². The van der Waals surface area contributed by atoms with Gasteiger partial charge in [0.1, 0.15) is 5.75 Å². The number of benzene rings is 1. The van der Waals surface area contributed by atoms with Crippen molar-refractivity contribution in [1.82, 2.24) is 0 Å². The number of alkyl halides is 2. The van der Waals surface area contributed by atoms with Crippen LogP contribution >= 0.6 is 11.6 Å². The molecule has 0 bridgehead atoms. The van der Waals surface area contributed by atoms with Crippen molar-refractivity contribution in [3.05, 3.63) is 34.9 Å². The first-order valence-electron chi connectivity index (χ1n) is 4.67. The third-order valence-corrected chi connectivity index (χ3v) is 2.06. The summed E-state index contributed by atoms with van der Waals surface area (Å²) in [4.78, 5) is 0. The predicted octanol–water partition coefficient (Wildman–Crippen LogP) is 3.30. The molecule has 1 atom stereocenters. The minimum absolute atomic E-state index is 0.0328. The van der Waals surface area contributed by atoms with Gasteiger partial charge < -0.3 is 10.5 Å². The van der Waals surface area contributed by atoms with E-state index < -0.39 is 6.61 Å². The highest BCUT2D eigenvalue weighted by Crippen LogP contribution is 2.27. The van der Waals surface area contributed by atoms with Crippen molar-refractivity contribution in [2.24, 2.45) is 5.73 Å². The van der Waals surface area contributed by atoms with Crippen LogP contribution in [0.25, 0.3) is 6.08 Å². The molecule has 1 unspecified atom stereocenters. The Morgan fingerprint density at radius 1 is 1.44 bits per heavy atom. The molecule has 88 valence electrons. The summed E-state index contributed by atoms with van der Waals surface area (Å²) in [7, 11) is 0. The van der Waals surface area contributed by atoms with Gasteiger partial charge in [0.05, 0.1) is 5.02 Å². The lowest BCUT2D eigenvalue weighted by molar-refractivity contribution is -0.0497. The molecule has 0 aliphatic heterocycles. The summed E-state index contributed by atoms with van der Waals surface area (Å²) in [5, 5.41) is 0.145. The highest BCUT2D eigenvalue weighted by molar-refractivity contribution is 6.32. The highest BCUT2D eigenvalue weighted by Gasteiger charge is 2.08. The second-order valence-corrected chi connectivity index (χ2v) is 3.69. The summed E-state index contributed by atoms with van der Waals surface area (Å²) in [6.07, 6.45) is 3.54. The lowest BCUT2D eigenvalue weighted by atomic mass is 10.2. The Morgan fingerprint density at radius 3 is 2.62 bits per heavy atom. The Kier molecular flexibility index (Phi) is 4.71. The van der Waals surface area contributed by atoms with Crippen molar-refractivity contribution in [3.8, 4) is 5.75 Å². The molecule has 0 saturated heterocycles. The lowest BCUT2D eigenvalue weighted by Gasteiger charge is -2.06. The van der Waals surface area contributed by atoms with E-state index in [0.717, 1.165) is 5.56 Å². The number of rotatable bonds is 4. The molecule has 0 fully saturated rings. The molecule has 2 nitrogen and oxygen atoms in total. The van der Waals surface area contributed by atoms with E-state index in [0.29, 0.717) is 0 Å². The zero-order valence-corrected chi connectivity index (χ0v) is 9.42. The fourth-order valence-electron chi connectivity index (χ4n) is 1.08. The smallest absolute Gasteiger partial charge is 0.387 e. The SMILES string of the molecule is CC(N)/C=C/c1ccc(OC(F)F)c(Cl)c1. The molecule has 0 aliphatic rings. The van der Waals surface area contributed by atoms with Crippen molar-refractivity contribution in [1.29, 1.82) is 0 Å². The van der Waals surface area contributed by atoms with Gasteiger partial charge >= 0.3 is 6.61 Å². The zero-order valence-electron chi connectivity index (χ0n) is 8.66. The molecule has 0 heterocycles. The van der Waals surface area contributed by atoms with Gasteiger partial charge in [-0.2, -0.15) is 8.78 Å². The summed E-state index contributed by atoms with van der Waals surface area (Å²) in [5.74, 6) is -0.0328. The van der Waals surface area contributed by atoms with E-state index in [2.05, 4.69) is 4.74 Å². The molecule has 0 amide bonds. The van der Waals surface area contributed by atoms with Crippen LogP contribution in [0.1, 0.15) is 12.5 Å². The molecule has 0 radical (unpaired) electrons. The molecule has 2 N–H and O–H groups in total. The van der Waals surface area contributed by atoms with Gasteiger partial charge in [0.2, 0.25) is 0 Å². The largest absolute Gasteiger partial charge is 0.433 e. The minimum atomic E-state index is -2.87. The van der Waals surface area contributed by atoms with Crippen LogP contribution in [0, 0.1) is 0 Å². The second-order valence-electron chi connectivity index (χ2n) is 3.29. The summed E-state index contributed by atoms with van der Waals surface area (Å²) in [6.45, 7) is -1.05. The topological polar surface area (TPSA) is 35.2 Å². The van der Waals surface area contributed by atoms with Crippen LogP contribution in [-0.2, 0) is 0 Å². The monoisotopic (exact) mass is 247 g/mol. The van der Waals surface area contributed by atoms with Crippen LogP contribution in [0.3, 0.4) is 0 Å². The third-order valence-electron chi connectivity index (χ3n) is 1.76. The van der Waals surface area contributed by atoms with Gasteiger partial charge in [0, 0.05) is 6.04 Å². The molecule has 0 aliphatic carbocycles. The molecule has 0 spiro atoms. The normalized spacial score (nSPS) is 13.4. The molecular weight excluding hydrogens is 236 g/mol. The van der Waals surface area contributed by atoms with Gasteiger partial charge in [-0.3, -0.25) is 0 Å². The minimum Gasteiger partial charge on any atom is -0.433 e. The van der Waals surface area contributed by atoms with Crippen molar-refractivity contribution < 1.29 is 13.5 Å². The van der Waals surface area contributed by atoms with Crippen molar-refractivity contribution >= 4 is 17.7 Å². The van der Waals surface area contributed by atoms with Gasteiger partial charge in [-0.05, 0) is 24.6 Å². The third kappa shape index (κ3) is 4.16. The first kappa shape index (κ1) is 12.9. The molecule has 0 aromatic heterocycles. The van der Waals surface area contributed by atoms with E-state index in [1.54, 1.807) is 18.2 Å². The number of ether oxygens (including phenoxy) is 1. The van der Waals surface area contributed by atoms with Gasteiger partial charge in [0.15, 0.2) is 0 Å². The van der Waals surface area contributed by atoms with Gasteiger partial charge in [-0.15, -0.1) is 0 Å². The maximum atomic E-state index is 11.9. The molecule has 1 rings (SSSR count). The van der Waals surface area contributed by atoms with E-state index in [1.807, 2.05) is 6.92 Å². The van der Waals surface area contributed by atoms with Crippen LogP contribution in [0.2, 0.25) is 5.02 Å². The van der Waals surface area contributed by atoms with Crippen LogP contribution in [0.4, 0.5) is 8.78 Å². The quantitative estimate of drug-likeness (QED) is 0.886. The van der Waals surface area contributed by atoms with Crippen molar-refractivity contribution in [2.45, 2.75) is 19.6 Å². The van der Waals surface area contributed by atoms with Gasteiger partial charge in [0.25, 0.3) is 0 Å². The summed E-state index contributed by atoms with van der Waals surface area (Å²) >= 11 is 5.77. The molecule has 0 saturated carbocycles. The number of hydrogen-bond donors (Lipinski definition) is 1. The average molecular weight is 248 g/mol. The Hall–Kier alpha value is -1.13. The Morgan fingerprint density at radius 2 is 2.12 bits per heavy atom. The first-order chi connectivity index (χ1) is 7.49. The van der Waals surface area contributed by atoms with Crippen LogP contribution < -0.4 is 10.5 Å². The fraction of sp³-hybridized carbons (Fsp3) is 0.273.